The van der Waals surface area contributed by atoms with E-state index in [1.807, 2.05) is 13.0 Å². The molecule has 0 bridgehead atoms. The monoisotopic (exact) mass is 380 g/mol. The molecule has 27 heavy (non-hydrogen) atoms. The van der Waals surface area contributed by atoms with Gasteiger partial charge in [0.15, 0.2) is 0 Å². The van der Waals surface area contributed by atoms with Crippen molar-refractivity contribution in [3.63, 3.8) is 0 Å². The normalized spacial score (nSPS) is 20.9. The summed E-state index contributed by atoms with van der Waals surface area (Å²) in [6.45, 7) is 1.97. The van der Waals surface area contributed by atoms with Crippen molar-refractivity contribution in [2.24, 2.45) is 11.8 Å². The van der Waals surface area contributed by atoms with Crippen LogP contribution < -0.4 is 4.74 Å². The van der Waals surface area contributed by atoms with Crippen molar-refractivity contribution in [2.45, 2.75) is 38.8 Å². The van der Waals surface area contributed by atoms with Crippen LogP contribution >= 0.6 is 0 Å². The molecule has 0 unspecified atom stereocenters. The molecule has 1 aliphatic rings. The lowest BCUT2D eigenvalue weighted by Gasteiger charge is -2.25. The first-order valence-electron chi connectivity index (χ1n) is 8.93. The number of esters is 1. The minimum atomic E-state index is -4.75. The van der Waals surface area contributed by atoms with Gasteiger partial charge in [-0.2, -0.15) is 13.2 Å². The molecule has 0 aliphatic heterocycles. The Bertz CT molecular complexity index is 862. The number of halogens is 4. The van der Waals surface area contributed by atoms with Gasteiger partial charge in [0.25, 0.3) is 0 Å². The number of carbonyl (C=O) groups is 1. The van der Waals surface area contributed by atoms with Crippen LogP contribution in [0.2, 0.25) is 0 Å². The zero-order chi connectivity index (χ0) is 19.6. The summed E-state index contributed by atoms with van der Waals surface area (Å²) in [5, 5.41) is 0.0964. The van der Waals surface area contributed by atoms with Crippen LogP contribution in [0.1, 0.15) is 38.2 Å². The minimum Gasteiger partial charge on any atom is -0.426 e. The summed E-state index contributed by atoms with van der Waals surface area (Å²) in [4.78, 5) is 12.4. The van der Waals surface area contributed by atoms with E-state index in [2.05, 4.69) is 6.08 Å². The van der Waals surface area contributed by atoms with Gasteiger partial charge in [-0.15, -0.1) is 0 Å². The van der Waals surface area contributed by atoms with E-state index in [0.717, 1.165) is 25.7 Å². The van der Waals surface area contributed by atoms with E-state index < -0.39 is 17.6 Å². The first-order valence-corrected chi connectivity index (χ1v) is 8.93. The highest BCUT2D eigenvalue weighted by Crippen LogP contribution is 2.36. The lowest BCUT2D eigenvalue weighted by atomic mass is 9.82. The third kappa shape index (κ3) is 4.31. The number of carbonyl (C=O) groups excluding carboxylic acids is 1. The summed E-state index contributed by atoms with van der Waals surface area (Å²) >= 11 is 0. The molecule has 0 spiro atoms. The molecule has 144 valence electrons. The van der Waals surface area contributed by atoms with Gasteiger partial charge in [-0.3, -0.25) is 4.79 Å². The van der Waals surface area contributed by atoms with Gasteiger partial charge in [-0.05, 0) is 68.2 Å². The molecule has 0 aromatic heterocycles. The highest BCUT2D eigenvalue weighted by molar-refractivity contribution is 5.86. The second-order valence-corrected chi connectivity index (χ2v) is 6.87. The molecule has 6 heteroatoms. The third-order valence-electron chi connectivity index (χ3n) is 5.02. The smallest absolute Gasteiger partial charge is 0.419 e. The van der Waals surface area contributed by atoms with Crippen molar-refractivity contribution in [3.05, 3.63) is 53.9 Å². The van der Waals surface area contributed by atoms with Crippen LogP contribution in [0, 0.1) is 17.7 Å². The Morgan fingerprint density at radius 2 is 1.81 bits per heavy atom. The SMILES string of the molecule is C/C=C/C1CCC(C(=O)Oc2ccc3c(F)c(C(F)(F)F)ccc3c2)CC1. The number of allylic oxidation sites excluding steroid dienone is 2. The van der Waals surface area contributed by atoms with Gasteiger partial charge in [0, 0.05) is 5.39 Å². The van der Waals surface area contributed by atoms with Gasteiger partial charge in [0.1, 0.15) is 11.6 Å². The molecule has 0 N–H and O–H groups in total. The molecular weight excluding hydrogens is 360 g/mol. The van der Waals surface area contributed by atoms with Gasteiger partial charge in [-0.25, -0.2) is 4.39 Å². The van der Waals surface area contributed by atoms with Crippen molar-refractivity contribution in [1.82, 2.24) is 0 Å². The fraction of sp³-hybridized carbons (Fsp3) is 0.381. The molecular formula is C21H20F4O2. The van der Waals surface area contributed by atoms with Crippen molar-refractivity contribution in [2.75, 3.05) is 0 Å². The predicted molar refractivity (Wildman–Crippen MR) is 94.8 cm³/mol. The van der Waals surface area contributed by atoms with Crippen LogP contribution in [0.15, 0.2) is 42.5 Å². The molecule has 3 rings (SSSR count). The van der Waals surface area contributed by atoms with Crippen LogP contribution in [0.3, 0.4) is 0 Å². The van der Waals surface area contributed by atoms with Crippen LogP contribution in [0.4, 0.5) is 17.6 Å². The number of fused-ring (bicyclic) bond motifs is 1. The van der Waals surface area contributed by atoms with Gasteiger partial charge < -0.3 is 4.74 Å². The zero-order valence-electron chi connectivity index (χ0n) is 14.9. The van der Waals surface area contributed by atoms with Crippen LogP contribution in [0.5, 0.6) is 5.75 Å². The molecule has 2 aromatic carbocycles. The van der Waals surface area contributed by atoms with Crippen LogP contribution in [0.25, 0.3) is 10.8 Å². The fourth-order valence-corrected chi connectivity index (χ4v) is 3.57. The first-order chi connectivity index (χ1) is 12.8. The van der Waals surface area contributed by atoms with Crippen LogP contribution in [-0.2, 0) is 11.0 Å². The first kappa shape index (κ1) is 19.4. The van der Waals surface area contributed by atoms with E-state index in [0.29, 0.717) is 12.0 Å². The summed E-state index contributed by atoms with van der Waals surface area (Å²) in [5.74, 6) is -1.15. The van der Waals surface area contributed by atoms with Crippen molar-refractivity contribution >= 4 is 16.7 Å². The predicted octanol–water partition coefficient (Wildman–Crippen LogP) is 6.29. The van der Waals surface area contributed by atoms with Crippen LogP contribution in [-0.4, -0.2) is 5.97 Å². The summed E-state index contributed by atoms with van der Waals surface area (Å²) in [6.07, 6.45) is 2.74. The molecule has 1 fully saturated rings. The summed E-state index contributed by atoms with van der Waals surface area (Å²) < 4.78 is 57.9. The summed E-state index contributed by atoms with van der Waals surface area (Å²) in [6, 6.07) is 5.81. The standard InChI is InChI=1S/C21H20F4O2/c1-2-3-13-4-6-14(7-5-13)20(26)27-16-9-10-17-15(12-16)8-11-18(19(17)22)21(23,24)25/h2-3,8-14H,4-7H2,1H3/b3-2+. The maximum Gasteiger partial charge on any atom is 0.419 e. The minimum absolute atomic E-state index is 0.156. The molecule has 1 aliphatic carbocycles. The Kier molecular flexibility index (Phi) is 5.53. The average molecular weight is 380 g/mol. The Balaban J connectivity index is 1.73. The van der Waals surface area contributed by atoms with E-state index in [4.69, 9.17) is 4.74 Å². The number of rotatable bonds is 3. The van der Waals surface area contributed by atoms with Crippen molar-refractivity contribution in [3.8, 4) is 5.75 Å². The summed E-state index contributed by atoms with van der Waals surface area (Å²) in [5.41, 5.74) is -1.31. The number of ether oxygens (including phenoxy) is 1. The number of benzene rings is 2. The molecule has 2 nitrogen and oxygen atoms in total. The highest BCUT2D eigenvalue weighted by Gasteiger charge is 2.34. The summed E-state index contributed by atoms with van der Waals surface area (Å²) in [7, 11) is 0. The molecule has 0 radical (unpaired) electrons. The molecule has 1 saturated carbocycles. The van der Waals surface area contributed by atoms with Crippen molar-refractivity contribution < 1.29 is 27.1 Å². The zero-order valence-corrected chi connectivity index (χ0v) is 14.9. The Labute approximate surface area is 154 Å². The Hall–Kier alpha value is -2.37. The second kappa shape index (κ2) is 7.71. The molecule has 0 heterocycles. The fourth-order valence-electron chi connectivity index (χ4n) is 3.57. The van der Waals surface area contributed by atoms with E-state index >= 15 is 0 Å². The number of hydrogen-bond donors (Lipinski definition) is 0. The maximum atomic E-state index is 14.1. The lowest BCUT2D eigenvalue weighted by molar-refractivity contribution is -0.140. The van der Waals surface area contributed by atoms with E-state index in [-0.39, 0.29) is 28.4 Å². The van der Waals surface area contributed by atoms with E-state index in [9.17, 15) is 22.4 Å². The number of hydrogen-bond acceptors (Lipinski definition) is 2. The average Bonchev–Trinajstić information content (AvgIpc) is 2.61. The van der Waals surface area contributed by atoms with E-state index in [1.54, 1.807) is 0 Å². The maximum absolute atomic E-state index is 14.1. The Morgan fingerprint density at radius 1 is 1.11 bits per heavy atom. The quantitative estimate of drug-likeness (QED) is 0.271. The van der Waals surface area contributed by atoms with Crippen molar-refractivity contribution in [1.29, 1.82) is 0 Å². The molecule has 0 amide bonds. The highest BCUT2D eigenvalue weighted by atomic mass is 19.4. The van der Waals surface area contributed by atoms with Gasteiger partial charge >= 0.3 is 12.1 Å². The molecule has 2 aromatic rings. The van der Waals surface area contributed by atoms with Gasteiger partial charge in [0.05, 0.1) is 11.5 Å². The van der Waals surface area contributed by atoms with E-state index in [1.165, 1.54) is 24.3 Å². The largest absolute Gasteiger partial charge is 0.426 e. The molecule has 0 saturated heterocycles. The second-order valence-electron chi connectivity index (χ2n) is 6.87. The lowest BCUT2D eigenvalue weighted by Crippen LogP contribution is -2.25. The third-order valence-corrected chi connectivity index (χ3v) is 5.02. The number of alkyl halides is 3. The van der Waals surface area contributed by atoms with Gasteiger partial charge in [0.2, 0.25) is 0 Å². The Morgan fingerprint density at radius 3 is 2.44 bits per heavy atom. The van der Waals surface area contributed by atoms with Gasteiger partial charge in [-0.1, -0.05) is 18.2 Å². The topological polar surface area (TPSA) is 26.3 Å². The molecule has 0 atom stereocenters.